The highest BCUT2D eigenvalue weighted by atomic mass is 16.2. The predicted molar refractivity (Wildman–Crippen MR) is 82.8 cm³/mol. The third-order valence-electron chi connectivity index (χ3n) is 4.03. The van der Waals surface area contributed by atoms with E-state index in [1.165, 1.54) is 0 Å². The second-order valence-electron chi connectivity index (χ2n) is 5.81. The Morgan fingerprint density at radius 3 is 2.83 bits per heavy atom. The number of nitrogens with zero attached hydrogens (tertiary/aromatic N) is 4. The van der Waals surface area contributed by atoms with Crippen LogP contribution in [0.2, 0.25) is 0 Å². The third kappa shape index (κ3) is 3.56. The standard InChI is InChI=1S/C16H19N5O2/c1-20(11-14-4-7-18-19-14)16(23)13-8-15(22)21(10-13)9-12-2-5-17-6-3-12/h2-7,13H,8-11H2,1H3,(H,18,19)/t13-/m0/s1. The van der Waals surface area contributed by atoms with E-state index in [2.05, 4.69) is 15.2 Å². The molecule has 2 aromatic heterocycles. The fourth-order valence-corrected chi connectivity index (χ4v) is 2.82. The number of pyridine rings is 1. The van der Waals surface area contributed by atoms with Crippen molar-refractivity contribution in [3.8, 4) is 0 Å². The van der Waals surface area contributed by atoms with E-state index < -0.39 is 0 Å². The lowest BCUT2D eigenvalue weighted by Crippen LogP contribution is -2.34. The molecule has 120 valence electrons. The van der Waals surface area contributed by atoms with Gasteiger partial charge in [-0.25, -0.2) is 0 Å². The van der Waals surface area contributed by atoms with Gasteiger partial charge in [0.1, 0.15) is 0 Å². The number of rotatable bonds is 5. The van der Waals surface area contributed by atoms with E-state index in [-0.39, 0.29) is 24.2 Å². The molecule has 0 aromatic carbocycles. The van der Waals surface area contributed by atoms with Crippen LogP contribution in [0.4, 0.5) is 0 Å². The van der Waals surface area contributed by atoms with Gasteiger partial charge in [-0.3, -0.25) is 19.7 Å². The molecule has 0 unspecified atom stereocenters. The van der Waals surface area contributed by atoms with Crippen LogP contribution in [-0.4, -0.2) is 50.4 Å². The van der Waals surface area contributed by atoms with Crippen LogP contribution in [0.1, 0.15) is 17.7 Å². The average molecular weight is 313 g/mol. The SMILES string of the molecule is CN(Cc1ccn[nH]1)C(=O)[C@H]1CC(=O)N(Cc2ccncc2)C1. The number of aromatic amines is 1. The van der Waals surface area contributed by atoms with E-state index in [9.17, 15) is 9.59 Å². The molecule has 3 rings (SSSR count). The maximum Gasteiger partial charge on any atom is 0.228 e. The minimum Gasteiger partial charge on any atom is -0.340 e. The summed E-state index contributed by atoms with van der Waals surface area (Å²) in [5.74, 6) is -0.266. The van der Waals surface area contributed by atoms with E-state index in [0.717, 1.165) is 11.3 Å². The van der Waals surface area contributed by atoms with Crippen LogP contribution in [0, 0.1) is 5.92 Å². The first-order valence-electron chi connectivity index (χ1n) is 7.53. The summed E-state index contributed by atoms with van der Waals surface area (Å²) in [6.07, 6.45) is 5.34. The normalized spacial score (nSPS) is 17.5. The average Bonchev–Trinajstić information content (AvgIpc) is 3.18. The highest BCUT2D eigenvalue weighted by Gasteiger charge is 2.35. The Balaban J connectivity index is 1.59. The Kier molecular flexibility index (Phi) is 4.36. The predicted octanol–water partition coefficient (Wildman–Crippen LogP) is 0.812. The maximum atomic E-state index is 12.5. The Hall–Kier alpha value is -2.70. The molecule has 0 aliphatic carbocycles. The molecule has 3 heterocycles. The molecule has 2 aromatic rings. The second kappa shape index (κ2) is 6.60. The first-order chi connectivity index (χ1) is 11.1. The van der Waals surface area contributed by atoms with Crippen molar-refractivity contribution in [3.63, 3.8) is 0 Å². The van der Waals surface area contributed by atoms with Crippen molar-refractivity contribution in [2.45, 2.75) is 19.5 Å². The van der Waals surface area contributed by atoms with Crippen LogP contribution < -0.4 is 0 Å². The van der Waals surface area contributed by atoms with Crippen molar-refractivity contribution in [2.75, 3.05) is 13.6 Å². The van der Waals surface area contributed by atoms with Gasteiger partial charge >= 0.3 is 0 Å². The van der Waals surface area contributed by atoms with Crippen LogP contribution >= 0.6 is 0 Å². The van der Waals surface area contributed by atoms with Crippen molar-refractivity contribution < 1.29 is 9.59 Å². The first-order valence-corrected chi connectivity index (χ1v) is 7.53. The largest absolute Gasteiger partial charge is 0.340 e. The van der Waals surface area contributed by atoms with Gasteiger partial charge in [0.15, 0.2) is 0 Å². The highest BCUT2D eigenvalue weighted by molar-refractivity contribution is 5.89. The fraction of sp³-hybridized carbons (Fsp3) is 0.375. The number of H-pyrrole nitrogens is 1. The van der Waals surface area contributed by atoms with Gasteiger partial charge in [0, 0.05) is 45.1 Å². The summed E-state index contributed by atoms with van der Waals surface area (Å²) in [7, 11) is 1.75. The smallest absolute Gasteiger partial charge is 0.228 e. The van der Waals surface area contributed by atoms with Crippen LogP contribution in [-0.2, 0) is 22.7 Å². The Morgan fingerprint density at radius 1 is 1.35 bits per heavy atom. The van der Waals surface area contributed by atoms with Gasteiger partial charge in [-0.1, -0.05) is 0 Å². The van der Waals surface area contributed by atoms with Gasteiger partial charge in [-0.2, -0.15) is 5.10 Å². The molecule has 1 aliphatic heterocycles. The molecule has 0 saturated carbocycles. The molecule has 0 radical (unpaired) electrons. The van der Waals surface area contributed by atoms with Gasteiger partial charge < -0.3 is 9.80 Å². The summed E-state index contributed by atoms with van der Waals surface area (Å²) >= 11 is 0. The lowest BCUT2D eigenvalue weighted by atomic mass is 10.1. The van der Waals surface area contributed by atoms with Gasteiger partial charge in [0.05, 0.1) is 18.2 Å². The van der Waals surface area contributed by atoms with Crippen LogP contribution in [0.5, 0.6) is 0 Å². The quantitative estimate of drug-likeness (QED) is 0.885. The van der Waals surface area contributed by atoms with Gasteiger partial charge in [-0.15, -0.1) is 0 Å². The molecule has 1 atom stereocenters. The molecule has 7 nitrogen and oxygen atoms in total. The first kappa shape index (κ1) is 15.2. The summed E-state index contributed by atoms with van der Waals surface area (Å²) in [6, 6.07) is 5.60. The minimum atomic E-state index is -0.280. The second-order valence-corrected chi connectivity index (χ2v) is 5.81. The zero-order valence-corrected chi connectivity index (χ0v) is 13.0. The lowest BCUT2D eigenvalue weighted by Gasteiger charge is -2.21. The molecule has 7 heteroatoms. The van der Waals surface area contributed by atoms with Crippen molar-refractivity contribution in [2.24, 2.45) is 5.92 Å². The van der Waals surface area contributed by atoms with Crippen molar-refractivity contribution in [1.82, 2.24) is 25.0 Å². The van der Waals surface area contributed by atoms with E-state index in [0.29, 0.717) is 19.6 Å². The fourth-order valence-electron chi connectivity index (χ4n) is 2.82. The zero-order chi connectivity index (χ0) is 16.2. The van der Waals surface area contributed by atoms with E-state index in [1.807, 2.05) is 18.2 Å². The molecule has 0 bridgehead atoms. The lowest BCUT2D eigenvalue weighted by molar-refractivity contribution is -0.135. The Bertz CT molecular complexity index is 671. The number of carbonyl (C=O) groups is 2. The van der Waals surface area contributed by atoms with Gasteiger partial charge in [-0.05, 0) is 23.8 Å². The summed E-state index contributed by atoms with van der Waals surface area (Å²) in [5.41, 5.74) is 1.89. The van der Waals surface area contributed by atoms with E-state index >= 15 is 0 Å². The number of aromatic nitrogens is 3. The molecular weight excluding hydrogens is 294 g/mol. The van der Waals surface area contributed by atoms with Crippen molar-refractivity contribution in [1.29, 1.82) is 0 Å². The summed E-state index contributed by atoms with van der Waals surface area (Å²) in [5, 5.41) is 6.71. The third-order valence-corrected chi connectivity index (χ3v) is 4.03. The van der Waals surface area contributed by atoms with Crippen molar-refractivity contribution >= 4 is 11.8 Å². The number of hydrogen-bond donors (Lipinski definition) is 1. The number of hydrogen-bond acceptors (Lipinski definition) is 4. The molecule has 23 heavy (non-hydrogen) atoms. The zero-order valence-electron chi connectivity index (χ0n) is 13.0. The molecular formula is C16H19N5O2. The highest BCUT2D eigenvalue weighted by Crippen LogP contribution is 2.22. The monoisotopic (exact) mass is 313 g/mol. The number of amides is 2. The topological polar surface area (TPSA) is 82.2 Å². The molecule has 0 spiro atoms. The van der Waals surface area contributed by atoms with Gasteiger partial charge in [0.2, 0.25) is 11.8 Å². The molecule has 1 N–H and O–H groups in total. The minimum absolute atomic E-state index is 0.00909. The number of likely N-dealkylation sites (tertiary alicyclic amines) is 1. The molecule has 1 saturated heterocycles. The summed E-state index contributed by atoms with van der Waals surface area (Å²) < 4.78 is 0. The Labute approximate surface area is 134 Å². The van der Waals surface area contributed by atoms with Crippen LogP contribution in [0.15, 0.2) is 36.8 Å². The van der Waals surface area contributed by atoms with E-state index in [1.54, 1.807) is 35.4 Å². The summed E-state index contributed by atoms with van der Waals surface area (Å²) in [6.45, 7) is 1.45. The number of carbonyl (C=O) groups excluding carboxylic acids is 2. The molecule has 2 amide bonds. The Morgan fingerprint density at radius 2 is 2.13 bits per heavy atom. The van der Waals surface area contributed by atoms with Crippen molar-refractivity contribution in [3.05, 3.63) is 48.0 Å². The summed E-state index contributed by atoms with van der Waals surface area (Å²) in [4.78, 5) is 32.0. The van der Waals surface area contributed by atoms with Crippen LogP contribution in [0.3, 0.4) is 0 Å². The molecule has 1 fully saturated rings. The number of nitrogens with one attached hydrogen (secondary N) is 1. The maximum absolute atomic E-state index is 12.5. The van der Waals surface area contributed by atoms with Gasteiger partial charge in [0.25, 0.3) is 0 Å². The van der Waals surface area contributed by atoms with E-state index in [4.69, 9.17) is 0 Å². The molecule has 1 aliphatic rings. The van der Waals surface area contributed by atoms with Crippen LogP contribution in [0.25, 0.3) is 0 Å².